The van der Waals surface area contributed by atoms with Crippen molar-refractivity contribution in [2.45, 2.75) is 69.4 Å². The van der Waals surface area contributed by atoms with Gasteiger partial charge in [-0.2, -0.15) is 4.31 Å². The monoisotopic (exact) mass is 394 g/mol. The molecule has 1 aromatic rings. The maximum atomic E-state index is 13.2. The summed E-state index contributed by atoms with van der Waals surface area (Å²) < 4.78 is 33.2. The Morgan fingerprint density at radius 1 is 1.15 bits per heavy atom. The second-order valence-corrected chi connectivity index (χ2v) is 9.66. The third-order valence-electron chi connectivity index (χ3n) is 5.34. The number of nitrogens with zero attached hydrogens (tertiary/aromatic N) is 2. The van der Waals surface area contributed by atoms with Crippen LogP contribution in [-0.4, -0.2) is 55.8 Å². The van der Waals surface area contributed by atoms with Gasteiger partial charge in [0.2, 0.25) is 10.0 Å². The zero-order valence-electron chi connectivity index (χ0n) is 16.5. The summed E-state index contributed by atoms with van der Waals surface area (Å²) in [5.74, 6) is 0.262. The number of amides is 1. The summed E-state index contributed by atoms with van der Waals surface area (Å²) in [7, 11) is -2.10. The molecule has 0 aromatic heterocycles. The van der Waals surface area contributed by atoms with Gasteiger partial charge in [0, 0.05) is 25.2 Å². The molecular weight excluding hydrogens is 364 g/mol. The Labute approximate surface area is 162 Å². The maximum absolute atomic E-state index is 13.2. The number of sulfonamides is 1. The summed E-state index contributed by atoms with van der Waals surface area (Å²) in [4.78, 5) is 15.2. The van der Waals surface area contributed by atoms with Crippen LogP contribution < -0.4 is 4.74 Å². The van der Waals surface area contributed by atoms with Crippen molar-refractivity contribution in [2.75, 3.05) is 20.2 Å². The van der Waals surface area contributed by atoms with Gasteiger partial charge >= 0.3 is 0 Å². The molecule has 1 aliphatic heterocycles. The van der Waals surface area contributed by atoms with Crippen molar-refractivity contribution in [2.24, 2.45) is 0 Å². The van der Waals surface area contributed by atoms with Crippen molar-refractivity contribution in [3.63, 3.8) is 0 Å². The van der Waals surface area contributed by atoms with E-state index in [9.17, 15) is 13.2 Å². The summed E-state index contributed by atoms with van der Waals surface area (Å²) in [5, 5.41) is 0. The summed E-state index contributed by atoms with van der Waals surface area (Å²) >= 11 is 0. The molecule has 0 atom stereocenters. The van der Waals surface area contributed by atoms with E-state index in [0.717, 1.165) is 38.5 Å². The van der Waals surface area contributed by atoms with Crippen LogP contribution in [0.3, 0.4) is 0 Å². The van der Waals surface area contributed by atoms with Crippen molar-refractivity contribution in [3.8, 4) is 5.75 Å². The molecule has 1 saturated heterocycles. The van der Waals surface area contributed by atoms with Gasteiger partial charge in [0.25, 0.3) is 5.91 Å². The summed E-state index contributed by atoms with van der Waals surface area (Å²) in [6.45, 7) is 5.05. The molecule has 0 unspecified atom stereocenters. The fourth-order valence-electron chi connectivity index (χ4n) is 3.76. The van der Waals surface area contributed by atoms with Gasteiger partial charge in [-0.05, 0) is 57.7 Å². The van der Waals surface area contributed by atoms with E-state index in [0.29, 0.717) is 24.4 Å². The van der Waals surface area contributed by atoms with E-state index < -0.39 is 10.0 Å². The van der Waals surface area contributed by atoms with E-state index >= 15 is 0 Å². The lowest BCUT2D eigenvalue weighted by Crippen LogP contribution is -2.39. The van der Waals surface area contributed by atoms with E-state index in [1.54, 1.807) is 16.4 Å². The molecule has 2 aliphatic rings. The first-order chi connectivity index (χ1) is 12.9. The first-order valence-corrected chi connectivity index (χ1v) is 11.3. The number of benzene rings is 1. The standard InChI is InChI=1S/C20H30N2O4S/c1-15(2)22(16-8-9-16)20(23)18-14-17(10-11-19(18)26-3)27(24,25)21-12-6-4-5-7-13-21/h10-11,14-16H,4-9,12-13H2,1-3H3. The van der Waals surface area contributed by atoms with E-state index in [2.05, 4.69) is 0 Å². The molecule has 2 fully saturated rings. The number of carbonyl (C=O) groups excluding carboxylic acids is 1. The van der Waals surface area contributed by atoms with Gasteiger partial charge in [0.15, 0.2) is 0 Å². The molecule has 1 heterocycles. The predicted molar refractivity (Wildman–Crippen MR) is 105 cm³/mol. The van der Waals surface area contributed by atoms with Crippen molar-refractivity contribution in [1.82, 2.24) is 9.21 Å². The minimum Gasteiger partial charge on any atom is -0.496 e. The molecule has 1 aromatic carbocycles. The van der Waals surface area contributed by atoms with Crippen molar-refractivity contribution >= 4 is 15.9 Å². The molecule has 1 saturated carbocycles. The largest absolute Gasteiger partial charge is 0.496 e. The molecule has 150 valence electrons. The number of ether oxygens (including phenoxy) is 1. The second-order valence-electron chi connectivity index (χ2n) is 7.72. The summed E-state index contributed by atoms with van der Waals surface area (Å²) in [5.41, 5.74) is 0.328. The number of methoxy groups -OCH3 is 1. The predicted octanol–water partition coefficient (Wildman–Crippen LogP) is 3.27. The van der Waals surface area contributed by atoms with Crippen LogP contribution in [0.4, 0.5) is 0 Å². The van der Waals surface area contributed by atoms with Crippen LogP contribution in [0, 0.1) is 0 Å². The lowest BCUT2D eigenvalue weighted by molar-refractivity contribution is 0.0686. The van der Waals surface area contributed by atoms with Crippen LogP contribution in [0.2, 0.25) is 0 Å². The molecule has 7 heteroatoms. The first-order valence-electron chi connectivity index (χ1n) is 9.87. The zero-order valence-corrected chi connectivity index (χ0v) is 17.3. The lowest BCUT2D eigenvalue weighted by atomic mass is 10.1. The first kappa shape index (κ1) is 20.1. The normalized spacial score (nSPS) is 19.0. The third-order valence-corrected chi connectivity index (χ3v) is 7.23. The third kappa shape index (κ3) is 4.29. The molecule has 27 heavy (non-hydrogen) atoms. The van der Waals surface area contributed by atoms with Crippen molar-refractivity contribution < 1.29 is 17.9 Å². The second kappa shape index (κ2) is 8.19. The van der Waals surface area contributed by atoms with Gasteiger partial charge in [0.1, 0.15) is 5.75 Å². The van der Waals surface area contributed by atoms with Gasteiger partial charge in [-0.3, -0.25) is 4.79 Å². The summed E-state index contributed by atoms with van der Waals surface area (Å²) in [6, 6.07) is 4.95. The van der Waals surface area contributed by atoms with Crippen LogP contribution in [0.25, 0.3) is 0 Å². The number of hydrogen-bond donors (Lipinski definition) is 0. The quantitative estimate of drug-likeness (QED) is 0.743. The molecule has 0 N–H and O–H groups in total. The van der Waals surface area contributed by atoms with Gasteiger partial charge in [-0.1, -0.05) is 12.8 Å². The van der Waals surface area contributed by atoms with E-state index in [4.69, 9.17) is 4.74 Å². The molecule has 3 rings (SSSR count). The molecular formula is C20H30N2O4S. The number of hydrogen-bond acceptors (Lipinski definition) is 4. The van der Waals surface area contributed by atoms with Crippen LogP contribution in [0.1, 0.15) is 62.7 Å². The van der Waals surface area contributed by atoms with Crippen LogP contribution in [-0.2, 0) is 10.0 Å². The van der Waals surface area contributed by atoms with Crippen molar-refractivity contribution in [3.05, 3.63) is 23.8 Å². The molecule has 6 nitrogen and oxygen atoms in total. The SMILES string of the molecule is COc1ccc(S(=O)(=O)N2CCCCCC2)cc1C(=O)N(C(C)C)C1CC1. The highest BCUT2D eigenvalue weighted by molar-refractivity contribution is 7.89. The van der Waals surface area contributed by atoms with E-state index in [-0.39, 0.29) is 22.9 Å². The molecule has 0 radical (unpaired) electrons. The highest BCUT2D eigenvalue weighted by Gasteiger charge is 2.36. The maximum Gasteiger partial charge on any atom is 0.258 e. The highest BCUT2D eigenvalue weighted by atomic mass is 32.2. The van der Waals surface area contributed by atoms with Crippen LogP contribution in [0.5, 0.6) is 5.75 Å². The topological polar surface area (TPSA) is 66.9 Å². The van der Waals surface area contributed by atoms with Gasteiger partial charge < -0.3 is 9.64 Å². The number of rotatable bonds is 6. The Balaban J connectivity index is 1.96. The average molecular weight is 395 g/mol. The Bertz CT molecular complexity index is 777. The van der Waals surface area contributed by atoms with Crippen molar-refractivity contribution in [1.29, 1.82) is 0 Å². The van der Waals surface area contributed by atoms with Crippen LogP contribution >= 0.6 is 0 Å². The molecule has 1 aliphatic carbocycles. The summed E-state index contributed by atoms with van der Waals surface area (Å²) in [6.07, 6.45) is 5.87. The minimum atomic E-state index is -3.61. The Kier molecular flexibility index (Phi) is 6.11. The van der Waals surface area contributed by atoms with E-state index in [1.807, 2.05) is 18.7 Å². The van der Waals surface area contributed by atoms with Gasteiger partial charge in [-0.15, -0.1) is 0 Å². The fraction of sp³-hybridized carbons (Fsp3) is 0.650. The Morgan fingerprint density at radius 3 is 2.30 bits per heavy atom. The smallest absolute Gasteiger partial charge is 0.258 e. The van der Waals surface area contributed by atoms with Gasteiger partial charge in [-0.25, -0.2) is 8.42 Å². The molecule has 0 spiro atoms. The lowest BCUT2D eigenvalue weighted by Gasteiger charge is -2.28. The highest BCUT2D eigenvalue weighted by Crippen LogP contribution is 2.33. The minimum absolute atomic E-state index is 0.0561. The van der Waals surface area contributed by atoms with Crippen LogP contribution in [0.15, 0.2) is 23.1 Å². The molecule has 1 amide bonds. The Morgan fingerprint density at radius 2 is 1.78 bits per heavy atom. The molecule has 0 bridgehead atoms. The van der Waals surface area contributed by atoms with Gasteiger partial charge in [0.05, 0.1) is 17.6 Å². The number of carbonyl (C=O) groups is 1. The zero-order chi connectivity index (χ0) is 19.6. The average Bonchev–Trinajstić information content (AvgIpc) is 3.47. The van der Waals surface area contributed by atoms with E-state index in [1.165, 1.54) is 13.2 Å². The fourth-order valence-corrected chi connectivity index (χ4v) is 5.30. The Hall–Kier alpha value is -1.60.